The number of aliphatic carboxylic acids is 4. The third kappa shape index (κ3) is 13.5. The van der Waals surface area contributed by atoms with Crippen LogP contribution in [0.4, 0.5) is 0 Å². The Balaban J connectivity index is 5.06. The number of rotatable bonds is 20. The van der Waals surface area contributed by atoms with Crippen molar-refractivity contribution < 1.29 is 59.9 Å². The molecule has 0 saturated carbocycles. The molecule has 180 valence electrons. The van der Waals surface area contributed by atoms with E-state index >= 15 is 0 Å². The van der Waals surface area contributed by atoms with Gasteiger partial charge in [-0.25, -0.2) is 9.78 Å². The van der Waals surface area contributed by atoms with Crippen LogP contribution in [0.1, 0.15) is 19.3 Å². The molecule has 0 aromatic heterocycles. The summed E-state index contributed by atoms with van der Waals surface area (Å²) >= 11 is 0. The second-order valence-electron chi connectivity index (χ2n) is 6.50. The lowest BCUT2D eigenvalue weighted by Crippen LogP contribution is -2.50. The summed E-state index contributed by atoms with van der Waals surface area (Å²) in [6, 6.07) is -3.28. The van der Waals surface area contributed by atoms with Crippen molar-refractivity contribution >= 4 is 23.9 Å². The molecule has 0 aromatic rings. The van der Waals surface area contributed by atoms with E-state index in [-0.39, 0.29) is 45.8 Å². The van der Waals surface area contributed by atoms with Gasteiger partial charge in [-0.2, -0.15) is 0 Å². The minimum atomic E-state index is -1.42. The second kappa shape index (κ2) is 16.3. The fourth-order valence-corrected chi connectivity index (χ4v) is 2.71. The smallest absolute Gasteiger partial charge is 0.321 e. The molecule has 3 unspecified atom stereocenters. The normalized spacial score (nSPS) is 14.2. The average molecular weight is 455 g/mol. The molecule has 0 aliphatic heterocycles. The highest BCUT2D eigenvalue weighted by Crippen LogP contribution is 2.06. The first-order valence-corrected chi connectivity index (χ1v) is 9.25. The molecule has 0 aromatic carbocycles. The number of nitrogens with zero attached hydrogens (tertiary/aromatic N) is 1. The van der Waals surface area contributed by atoms with Crippen molar-refractivity contribution in [3.05, 3.63) is 0 Å². The summed E-state index contributed by atoms with van der Waals surface area (Å²) < 4.78 is 0. The van der Waals surface area contributed by atoms with Crippen molar-refractivity contribution in [2.24, 2.45) is 0 Å². The van der Waals surface area contributed by atoms with Crippen LogP contribution in [-0.2, 0) is 29.0 Å². The molecule has 0 rings (SSSR count). The van der Waals surface area contributed by atoms with Crippen LogP contribution < -0.4 is 10.6 Å². The Morgan fingerprint density at radius 3 is 1.84 bits per heavy atom. The van der Waals surface area contributed by atoms with Gasteiger partial charge in [-0.15, -0.1) is 0 Å². The Morgan fingerprint density at radius 2 is 1.39 bits per heavy atom. The molecule has 0 radical (unpaired) electrons. The zero-order chi connectivity index (χ0) is 23.8. The first kappa shape index (κ1) is 28.6. The summed E-state index contributed by atoms with van der Waals surface area (Å²) in [6.45, 7) is -0.278. The Labute approximate surface area is 177 Å². The quantitative estimate of drug-likeness (QED) is 0.0736. The third-order valence-electron chi connectivity index (χ3n) is 4.23. The Morgan fingerprint density at radius 1 is 0.806 bits per heavy atom. The predicted molar refractivity (Wildman–Crippen MR) is 100 cm³/mol. The van der Waals surface area contributed by atoms with Crippen LogP contribution in [-0.4, -0.2) is 117 Å². The van der Waals surface area contributed by atoms with Crippen LogP contribution in [0.25, 0.3) is 0 Å². The van der Waals surface area contributed by atoms with E-state index in [0.29, 0.717) is 0 Å². The standard InChI is InChI=1S/C16H29N3O12/c20-13(21)7-11(15(24)25)18-3-5-19(12(16(26)27)8-14(22)23)4-2-17-10(9-31-29)1-6-30-28/h10-12,17-18,28-29H,1-9H2,(H,20,21)(H,22,23)(H,24,25)(H,26,27). The van der Waals surface area contributed by atoms with Crippen molar-refractivity contribution in [2.75, 3.05) is 39.4 Å². The Bertz CT molecular complexity index is 576. The highest BCUT2D eigenvalue weighted by Gasteiger charge is 2.28. The van der Waals surface area contributed by atoms with E-state index in [1.165, 1.54) is 4.90 Å². The Kier molecular flexibility index (Phi) is 15.0. The van der Waals surface area contributed by atoms with Gasteiger partial charge < -0.3 is 31.1 Å². The number of carboxylic acid groups (broad SMARTS) is 4. The molecule has 0 heterocycles. The molecule has 0 spiro atoms. The molecule has 15 nitrogen and oxygen atoms in total. The van der Waals surface area contributed by atoms with Crippen LogP contribution in [0.2, 0.25) is 0 Å². The summed E-state index contributed by atoms with van der Waals surface area (Å²) in [7, 11) is 0. The topological polar surface area (TPSA) is 235 Å². The van der Waals surface area contributed by atoms with Gasteiger partial charge in [0.1, 0.15) is 12.1 Å². The number of hydrogen-bond acceptors (Lipinski definition) is 11. The summed E-state index contributed by atoms with van der Waals surface area (Å²) in [5.74, 6) is -5.47. The first-order valence-electron chi connectivity index (χ1n) is 9.25. The third-order valence-corrected chi connectivity index (χ3v) is 4.23. The van der Waals surface area contributed by atoms with Gasteiger partial charge in [-0.05, 0) is 6.42 Å². The van der Waals surface area contributed by atoms with Gasteiger partial charge >= 0.3 is 23.9 Å². The van der Waals surface area contributed by atoms with Crippen LogP contribution in [0.5, 0.6) is 0 Å². The lowest BCUT2D eigenvalue weighted by Gasteiger charge is -2.29. The largest absolute Gasteiger partial charge is 0.481 e. The number of carboxylic acids is 4. The maximum Gasteiger partial charge on any atom is 0.321 e. The molecule has 3 atom stereocenters. The van der Waals surface area contributed by atoms with Crippen molar-refractivity contribution in [1.29, 1.82) is 0 Å². The molecule has 0 fully saturated rings. The number of carbonyl (C=O) groups is 4. The van der Waals surface area contributed by atoms with Crippen molar-refractivity contribution in [3.63, 3.8) is 0 Å². The van der Waals surface area contributed by atoms with Gasteiger partial charge in [0.25, 0.3) is 0 Å². The van der Waals surface area contributed by atoms with Gasteiger partial charge in [-0.1, -0.05) is 0 Å². The maximum atomic E-state index is 11.6. The lowest BCUT2D eigenvalue weighted by molar-refractivity contribution is -0.257. The van der Waals surface area contributed by atoms with Gasteiger partial charge in [-0.3, -0.25) is 34.6 Å². The summed E-state index contributed by atoms with van der Waals surface area (Å²) in [4.78, 5) is 53.7. The number of hydrogen-bond donors (Lipinski definition) is 8. The first-order chi connectivity index (χ1) is 14.6. The molecular weight excluding hydrogens is 426 g/mol. The fourth-order valence-electron chi connectivity index (χ4n) is 2.71. The monoisotopic (exact) mass is 455 g/mol. The zero-order valence-corrected chi connectivity index (χ0v) is 16.7. The van der Waals surface area contributed by atoms with Gasteiger partial charge in [0.05, 0.1) is 26.1 Å². The van der Waals surface area contributed by atoms with Crippen LogP contribution in [0.3, 0.4) is 0 Å². The minimum Gasteiger partial charge on any atom is -0.481 e. The molecule has 15 heteroatoms. The van der Waals surface area contributed by atoms with E-state index in [2.05, 4.69) is 20.4 Å². The Hall–Kier alpha value is -2.40. The summed E-state index contributed by atoms with van der Waals surface area (Å²) in [6.07, 6.45) is -1.16. The minimum absolute atomic E-state index is 0.0184. The van der Waals surface area contributed by atoms with E-state index in [0.717, 1.165) is 0 Å². The van der Waals surface area contributed by atoms with Gasteiger partial charge in [0.15, 0.2) is 0 Å². The van der Waals surface area contributed by atoms with Crippen molar-refractivity contribution in [2.45, 2.75) is 37.4 Å². The molecule has 8 N–H and O–H groups in total. The maximum absolute atomic E-state index is 11.6. The van der Waals surface area contributed by atoms with E-state index in [4.69, 9.17) is 25.8 Å². The van der Waals surface area contributed by atoms with Crippen molar-refractivity contribution in [1.82, 2.24) is 15.5 Å². The van der Waals surface area contributed by atoms with E-state index < -0.39 is 54.8 Å². The highest BCUT2D eigenvalue weighted by molar-refractivity contribution is 5.81. The fraction of sp³-hybridized carbons (Fsp3) is 0.750. The molecule has 0 bridgehead atoms. The van der Waals surface area contributed by atoms with Crippen LogP contribution in [0.15, 0.2) is 0 Å². The molecule has 0 amide bonds. The second-order valence-corrected chi connectivity index (χ2v) is 6.50. The molecule has 0 aliphatic rings. The number of nitrogens with one attached hydrogen (secondary N) is 2. The summed E-state index contributed by atoms with van der Waals surface area (Å²) in [5, 5.41) is 58.6. The average Bonchev–Trinajstić information content (AvgIpc) is 2.67. The molecule has 31 heavy (non-hydrogen) atoms. The highest BCUT2D eigenvalue weighted by atomic mass is 17.1. The molecular formula is C16H29N3O12. The van der Waals surface area contributed by atoms with Gasteiger partial charge in [0, 0.05) is 32.2 Å². The van der Waals surface area contributed by atoms with E-state index in [9.17, 15) is 24.3 Å². The lowest BCUT2D eigenvalue weighted by atomic mass is 10.1. The van der Waals surface area contributed by atoms with Crippen molar-refractivity contribution in [3.8, 4) is 0 Å². The molecule has 0 saturated heterocycles. The van der Waals surface area contributed by atoms with Crippen LogP contribution >= 0.6 is 0 Å². The van der Waals surface area contributed by atoms with E-state index in [1.807, 2.05) is 0 Å². The van der Waals surface area contributed by atoms with Crippen LogP contribution in [0, 0.1) is 0 Å². The summed E-state index contributed by atoms with van der Waals surface area (Å²) in [5.41, 5.74) is 0. The SMILES string of the molecule is O=C(O)CC(NCCN(CCNC(CCOO)COO)C(CC(=O)O)C(=O)O)C(=O)O. The predicted octanol–water partition coefficient (Wildman–Crippen LogP) is -1.94. The molecule has 0 aliphatic carbocycles. The van der Waals surface area contributed by atoms with E-state index in [1.54, 1.807) is 0 Å². The van der Waals surface area contributed by atoms with Gasteiger partial charge in [0.2, 0.25) is 0 Å². The zero-order valence-electron chi connectivity index (χ0n) is 16.7.